The first-order valence-electron chi connectivity index (χ1n) is 7.22. The number of anilines is 1. The number of hydrogen-bond acceptors (Lipinski definition) is 4. The molecule has 1 rings (SSSR count). The summed E-state index contributed by atoms with van der Waals surface area (Å²) in [7, 11) is 0. The first kappa shape index (κ1) is 16.9. The van der Waals surface area contributed by atoms with Crippen molar-refractivity contribution < 1.29 is 10.0 Å². The fraction of sp³-hybridized carbons (Fsp3) is 0.533. The maximum atomic E-state index is 12.8. The SMILES string of the molecule is CCCC(CCC)(C(=O)Nc1cccnc1C)C(N)=NO. The number of nitrogens with one attached hydrogen (secondary N) is 1. The van der Waals surface area contributed by atoms with Gasteiger partial charge in [-0.3, -0.25) is 9.78 Å². The Morgan fingerprint density at radius 1 is 1.43 bits per heavy atom. The van der Waals surface area contributed by atoms with Gasteiger partial charge < -0.3 is 16.3 Å². The zero-order valence-corrected chi connectivity index (χ0v) is 12.9. The van der Waals surface area contributed by atoms with Gasteiger partial charge in [0, 0.05) is 6.20 Å². The van der Waals surface area contributed by atoms with Crippen molar-refractivity contribution in [2.24, 2.45) is 16.3 Å². The Bertz CT molecular complexity index is 508. The number of carbonyl (C=O) groups is 1. The topological polar surface area (TPSA) is 101 Å². The molecule has 0 aliphatic rings. The Morgan fingerprint density at radius 3 is 2.52 bits per heavy atom. The molecule has 0 aliphatic carbocycles. The van der Waals surface area contributed by atoms with Crippen LogP contribution in [0.4, 0.5) is 5.69 Å². The van der Waals surface area contributed by atoms with Crippen molar-refractivity contribution in [2.45, 2.75) is 46.5 Å². The predicted molar refractivity (Wildman–Crippen MR) is 83.3 cm³/mol. The standard InChI is InChI=1S/C15H24N4O2/c1-4-8-15(9-5-2,13(16)19-21)14(20)18-12-7-6-10-17-11(12)3/h6-7,10,21H,4-5,8-9H2,1-3H3,(H2,16,19)(H,18,20). The minimum Gasteiger partial charge on any atom is -0.409 e. The summed E-state index contributed by atoms with van der Waals surface area (Å²) in [5.41, 5.74) is 6.23. The molecule has 1 amide bonds. The van der Waals surface area contributed by atoms with Crippen molar-refractivity contribution in [3.05, 3.63) is 24.0 Å². The molecule has 0 aliphatic heterocycles. The molecule has 116 valence electrons. The van der Waals surface area contributed by atoms with Gasteiger partial charge in [-0.05, 0) is 31.9 Å². The molecule has 0 aromatic carbocycles. The van der Waals surface area contributed by atoms with Gasteiger partial charge in [0.15, 0.2) is 5.84 Å². The highest BCUT2D eigenvalue weighted by molar-refractivity contribution is 6.12. The van der Waals surface area contributed by atoms with Crippen molar-refractivity contribution in [2.75, 3.05) is 5.32 Å². The number of rotatable bonds is 7. The van der Waals surface area contributed by atoms with Crippen LogP contribution in [-0.4, -0.2) is 21.9 Å². The molecule has 0 atom stereocenters. The highest BCUT2D eigenvalue weighted by Crippen LogP contribution is 2.32. The number of aromatic nitrogens is 1. The van der Waals surface area contributed by atoms with E-state index >= 15 is 0 Å². The third-order valence-electron chi connectivity index (χ3n) is 3.64. The molecule has 1 aromatic rings. The highest BCUT2D eigenvalue weighted by Gasteiger charge is 2.41. The molecule has 0 unspecified atom stereocenters. The van der Waals surface area contributed by atoms with Crippen molar-refractivity contribution >= 4 is 17.4 Å². The molecule has 1 heterocycles. The second-order valence-corrected chi connectivity index (χ2v) is 5.16. The lowest BCUT2D eigenvalue weighted by atomic mass is 9.77. The van der Waals surface area contributed by atoms with E-state index in [9.17, 15) is 4.79 Å². The van der Waals surface area contributed by atoms with Gasteiger partial charge in [0.1, 0.15) is 5.41 Å². The fourth-order valence-electron chi connectivity index (χ4n) is 2.53. The smallest absolute Gasteiger partial charge is 0.238 e. The van der Waals surface area contributed by atoms with Crippen LogP contribution in [0.25, 0.3) is 0 Å². The average Bonchev–Trinajstić information content (AvgIpc) is 2.48. The first-order valence-corrected chi connectivity index (χ1v) is 7.22. The van der Waals surface area contributed by atoms with Crippen LogP contribution in [0.5, 0.6) is 0 Å². The second kappa shape index (κ2) is 7.61. The largest absolute Gasteiger partial charge is 0.409 e. The van der Waals surface area contributed by atoms with Crippen molar-refractivity contribution in [1.29, 1.82) is 0 Å². The van der Waals surface area contributed by atoms with E-state index in [2.05, 4.69) is 15.5 Å². The summed E-state index contributed by atoms with van der Waals surface area (Å²) in [4.78, 5) is 16.9. The van der Waals surface area contributed by atoms with Gasteiger partial charge in [0.05, 0.1) is 11.4 Å². The second-order valence-electron chi connectivity index (χ2n) is 5.16. The average molecular weight is 292 g/mol. The molecule has 6 nitrogen and oxygen atoms in total. The van der Waals surface area contributed by atoms with Crippen molar-refractivity contribution in [3.63, 3.8) is 0 Å². The maximum absolute atomic E-state index is 12.8. The number of nitrogens with zero attached hydrogens (tertiary/aromatic N) is 2. The lowest BCUT2D eigenvalue weighted by Crippen LogP contribution is -2.47. The van der Waals surface area contributed by atoms with Gasteiger partial charge >= 0.3 is 0 Å². The highest BCUT2D eigenvalue weighted by atomic mass is 16.4. The van der Waals surface area contributed by atoms with E-state index in [1.54, 1.807) is 18.3 Å². The summed E-state index contributed by atoms with van der Waals surface area (Å²) in [5.74, 6) is -0.289. The third kappa shape index (κ3) is 3.71. The van der Waals surface area contributed by atoms with Crippen LogP contribution in [0.15, 0.2) is 23.5 Å². The summed E-state index contributed by atoms with van der Waals surface area (Å²) in [6, 6.07) is 3.54. The molecule has 6 heteroatoms. The summed E-state index contributed by atoms with van der Waals surface area (Å²) in [6.07, 6.45) is 4.24. The van der Waals surface area contributed by atoms with E-state index in [4.69, 9.17) is 10.9 Å². The summed E-state index contributed by atoms with van der Waals surface area (Å²) in [5, 5.41) is 15.0. The van der Waals surface area contributed by atoms with Crippen LogP contribution in [0, 0.1) is 12.3 Å². The van der Waals surface area contributed by atoms with Gasteiger partial charge in [-0.1, -0.05) is 31.8 Å². The lowest BCUT2D eigenvalue weighted by molar-refractivity contribution is -0.123. The van der Waals surface area contributed by atoms with E-state index in [0.717, 1.165) is 18.5 Å². The number of amides is 1. The van der Waals surface area contributed by atoms with E-state index in [1.165, 1.54) is 0 Å². The minimum atomic E-state index is -0.986. The quantitative estimate of drug-likeness (QED) is 0.311. The first-order chi connectivity index (χ1) is 10.0. The van der Waals surface area contributed by atoms with E-state index in [1.807, 2.05) is 20.8 Å². The van der Waals surface area contributed by atoms with Crippen LogP contribution in [0.3, 0.4) is 0 Å². The Morgan fingerprint density at radius 2 is 2.05 bits per heavy atom. The Balaban J connectivity index is 3.13. The zero-order valence-electron chi connectivity index (χ0n) is 12.9. The normalized spacial score (nSPS) is 12.2. The molecule has 4 N–H and O–H groups in total. The number of amidine groups is 1. The Labute approximate surface area is 125 Å². The van der Waals surface area contributed by atoms with Gasteiger partial charge in [-0.15, -0.1) is 0 Å². The van der Waals surface area contributed by atoms with Gasteiger partial charge in [0.2, 0.25) is 5.91 Å². The van der Waals surface area contributed by atoms with E-state index in [-0.39, 0.29) is 11.7 Å². The van der Waals surface area contributed by atoms with Crippen molar-refractivity contribution in [1.82, 2.24) is 4.98 Å². The minimum absolute atomic E-state index is 0.0368. The molecule has 0 radical (unpaired) electrons. The number of oxime groups is 1. The van der Waals surface area contributed by atoms with Gasteiger partial charge in [0.25, 0.3) is 0 Å². The summed E-state index contributed by atoms with van der Waals surface area (Å²) in [6.45, 7) is 5.76. The van der Waals surface area contributed by atoms with E-state index < -0.39 is 5.41 Å². The maximum Gasteiger partial charge on any atom is 0.238 e. The Kier molecular flexibility index (Phi) is 6.14. The molecule has 0 fully saturated rings. The van der Waals surface area contributed by atoms with Crippen LogP contribution < -0.4 is 11.1 Å². The lowest BCUT2D eigenvalue weighted by Gasteiger charge is -2.30. The number of hydrogen-bond donors (Lipinski definition) is 3. The molecule has 1 aromatic heterocycles. The Hall–Kier alpha value is -2.11. The third-order valence-corrected chi connectivity index (χ3v) is 3.64. The number of aryl methyl sites for hydroxylation is 1. The molecule has 0 spiro atoms. The molecule has 0 saturated carbocycles. The summed E-state index contributed by atoms with van der Waals surface area (Å²) < 4.78 is 0. The molecular formula is C15H24N4O2. The molecular weight excluding hydrogens is 268 g/mol. The van der Waals surface area contributed by atoms with Gasteiger partial charge in [-0.2, -0.15) is 0 Å². The van der Waals surface area contributed by atoms with Crippen LogP contribution >= 0.6 is 0 Å². The van der Waals surface area contributed by atoms with Crippen LogP contribution in [0.2, 0.25) is 0 Å². The predicted octanol–water partition coefficient (Wildman–Crippen LogP) is 2.66. The summed E-state index contributed by atoms with van der Waals surface area (Å²) >= 11 is 0. The molecule has 0 bridgehead atoms. The van der Waals surface area contributed by atoms with Crippen LogP contribution in [0.1, 0.15) is 45.2 Å². The van der Waals surface area contributed by atoms with Crippen molar-refractivity contribution in [3.8, 4) is 0 Å². The molecule has 21 heavy (non-hydrogen) atoms. The number of nitrogens with two attached hydrogens (primary N) is 1. The number of carbonyl (C=O) groups excluding carboxylic acids is 1. The van der Waals surface area contributed by atoms with Gasteiger partial charge in [-0.25, -0.2) is 0 Å². The zero-order chi connectivity index (χ0) is 15.9. The number of pyridine rings is 1. The molecule has 0 saturated heterocycles. The fourth-order valence-corrected chi connectivity index (χ4v) is 2.53. The van der Waals surface area contributed by atoms with E-state index in [0.29, 0.717) is 18.5 Å². The monoisotopic (exact) mass is 292 g/mol. The van der Waals surface area contributed by atoms with Crippen LogP contribution in [-0.2, 0) is 4.79 Å².